The molecular weight excluding hydrogens is 498 g/mol. The molecule has 0 aliphatic rings. The lowest BCUT2D eigenvalue weighted by atomic mass is 9.84. The predicted octanol–water partition coefficient (Wildman–Crippen LogP) is -0.0656. The smallest absolute Gasteiger partial charge is 0.335 e. The quantitative estimate of drug-likeness (QED) is 0.103. The first-order valence-corrected chi connectivity index (χ1v) is 11.5. The van der Waals surface area contributed by atoms with Gasteiger partial charge < -0.3 is 20.8 Å². The third-order valence-electron chi connectivity index (χ3n) is 6.26. The van der Waals surface area contributed by atoms with E-state index in [2.05, 4.69) is 30.8 Å². The summed E-state index contributed by atoms with van der Waals surface area (Å²) in [6.45, 7) is 1.84. The van der Waals surface area contributed by atoms with Gasteiger partial charge >= 0.3 is 11.9 Å². The van der Waals surface area contributed by atoms with Crippen LogP contribution in [0.3, 0.4) is 0 Å². The van der Waals surface area contributed by atoms with Gasteiger partial charge in [0.25, 0.3) is 5.56 Å². The van der Waals surface area contributed by atoms with Gasteiger partial charge in [0, 0.05) is 38.8 Å². The molecule has 15 heteroatoms. The maximum atomic E-state index is 13.5. The summed E-state index contributed by atoms with van der Waals surface area (Å²) in [5.74, 6) is -3.61. The van der Waals surface area contributed by atoms with Crippen molar-refractivity contribution in [1.29, 1.82) is 0 Å². The molecular formula is C23H29N9O6. The first kappa shape index (κ1) is 28.1. The van der Waals surface area contributed by atoms with Crippen LogP contribution in [-0.4, -0.2) is 79.7 Å². The van der Waals surface area contributed by atoms with E-state index in [1.54, 1.807) is 19.2 Å². The summed E-state index contributed by atoms with van der Waals surface area (Å²) in [5, 5.41) is 20.2. The zero-order valence-corrected chi connectivity index (χ0v) is 21.2. The molecule has 0 saturated carbocycles. The van der Waals surface area contributed by atoms with E-state index in [1.807, 2.05) is 11.8 Å². The first-order chi connectivity index (χ1) is 18.0. The second kappa shape index (κ2) is 11.3. The first-order valence-electron chi connectivity index (χ1n) is 11.5. The number of hydrazine groups is 2. The molecule has 1 aromatic carbocycles. The topological polar surface area (TPSA) is 220 Å². The largest absolute Gasteiger partial charge is 0.481 e. The van der Waals surface area contributed by atoms with Crippen LogP contribution in [0.4, 0.5) is 11.6 Å². The number of carbonyl (C=O) groups excluding carboxylic acids is 1. The van der Waals surface area contributed by atoms with Gasteiger partial charge in [0.05, 0.1) is 17.9 Å². The summed E-state index contributed by atoms with van der Waals surface area (Å²) in [6.07, 6.45) is 0.451. The number of benzene rings is 1. The number of Topliss-reactive ketones (excluding diaryl/α,β-unsaturated/α-hetero) is 1. The molecule has 7 N–H and O–H groups in total. The maximum Gasteiger partial charge on any atom is 0.335 e. The number of nitrogens with two attached hydrogens (primary N) is 1. The van der Waals surface area contributed by atoms with Crippen LogP contribution in [0.1, 0.15) is 41.9 Å². The van der Waals surface area contributed by atoms with Crippen molar-refractivity contribution in [3.05, 3.63) is 52.1 Å². The van der Waals surface area contributed by atoms with Crippen molar-refractivity contribution in [2.75, 3.05) is 31.8 Å². The summed E-state index contributed by atoms with van der Waals surface area (Å²) in [5.41, 5.74) is 9.38. The molecule has 0 bridgehead atoms. The molecule has 15 nitrogen and oxygen atoms in total. The highest BCUT2D eigenvalue weighted by Crippen LogP contribution is 2.28. The summed E-state index contributed by atoms with van der Waals surface area (Å²) >= 11 is 0. The van der Waals surface area contributed by atoms with Gasteiger partial charge in [0.1, 0.15) is 0 Å². The molecule has 38 heavy (non-hydrogen) atoms. The Kier molecular flexibility index (Phi) is 8.35. The van der Waals surface area contributed by atoms with Gasteiger partial charge in [-0.2, -0.15) is 10.1 Å². The van der Waals surface area contributed by atoms with Crippen LogP contribution in [-0.2, 0) is 9.59 Å². The van der Waals surface area contributed by atoms with Gasteiger partial charge in [-0.25, -0.2) is 25.6 Å². The van der Waals surface area contributed by atoms with Gasteiger partial charge in [-0.05, 0) is 37.6 Å². The van der Waals surface area contributed by atoms with Crippen molar-refractivity contribution < 1.29 is 24.6 Å². The minimum Gasteiger partial charge on any atom is -0.481 e. The van der Waals surface area contributed by atoms with Crippen molar-refractivity contribution in [2.45, 2.75) is 31.3 Å². The highest BCUT2D eigenvalue weighted by molar-refractivity contribution is 6.16. The van der Waals surface area contributed by atoms with Gasteiger partial charge in [-0.1, -0.05) is 0 Å². The van der Waals surface area contributed by atoms with E-state index in [-0.39, 0.29) is 28.7 Å². The van der Waals surface area contributed by atoms with E-state index in [4.69, 9.17) is 10.8 Å². The van der Waals surface area contributed by atoms with E-state index in [9.17, 15) is 24.3 Å². The number of carbonyl (C=O) groups is 3. The van der Waals surface area contributed by atoms with E-state index >= 15 is 0 Å². The van der Waals surface area contributed by atoms with Crippen LogP contribution < -0.4 is 27.0 Å². The fourth-order valence-electron chi connectivity index (χ4n) is 4.07. The Morgan fingerprint density at radius 3 is 2.32 bits per heavy atom. The average molecular weight is 528 g/mol. The SMILES string of the molecule is CNN(NC)[C@@](CCC(=O)O)(C(=O)O)C(=O)c1ccc(N(C)C(C)c2cnc3nc(N)[nH]c(=O)c3n2)cc1. The monoisotopic (exact) mass is 527 g/mol. The number of hydrogen-bond donors (Lipinski definition) is 6. The van der Waals surface area contributed by atoms with Crippen LogP contribution in [0.25, 0.3) is 11.2 Å². The number of nitrogens with one attached hydrogen (secondary N) is 3. The number of nitrogens with zero attached hydrogens (tertiary/aromatic N) is 5. The van der Waals surface area contributed by atoms with Gasteiger partial charge in [0.2, 0.25) is 11.5 Å². The normalized spacial score (nSPS) is 13.7. The number of fused-ring (bicyclic) bond motifs is 1. The molecule has 0 aliphatic carbocycles. The number of carboxylic acids is 2. The van der Waals surface area contributed by atoms with E-state index in [1.165, 1.54) is 32.4 Å². The molecule has 0 spiro atoms. The van der Waals surface area contributed by atoms with Crippen molar-refractivity contribution in [3.8, 4) is 0 Å². The number of H-pyrrole nitrogens is 1. The number of nitrogen functional groups attached to an aromatic ring is 1. The highest BCUT2D eigenvalue weighted by atomic mass is 16.4. The van der Waals surface area contributed by atoms with Gasteiger partial charge in [-0.15, -0.1) is 0 Å². The predicted molar refractivity (Wildman–Crippen MR) is 137 cm³/mol. The molecule has 2 heterocycles. The number of hydrogen-bond acceptors (Lipinski definition) is 12. The second-order valence-electron chi connectivity index (χ2n) is 8.42. The number of rotatable bonds is 12. The third kappa shape index (κ3) is 5.29. The molecule has 3 rings (SSSR count). The maximum absolute atomic E-state index is 13.5. The number of anilines is 2. The Hall–Kier alpha value is -4.47. The lowest BCUT2D eigenvalue weighted by molar-refractivity contribution is -0.154. The number of aromatic amines is 1. The van der Waals surface area contributed by atoms with Crippen LogP contribution in [0, 0.1) is 0 Å². The Balaban J connectivity index is 1.92. The second-order valence-corrected chi connectivity index (χ2v) is 8.42. The zero-order valence-electron chi connectivity index (χ0n) is 21.2. The Bertz CT molecular complexity index is 1410. The molecule has 1 unspecified atom stereocenters. The van der Waals surface area contributed by atoms with E-state index in [0.717, 1.165) is 5.12 Å². The van der Waals surface area contributed by atoms with Crippen molar-refractivity contribution in [2.24, 2.45) is 0 Å². The molecule has 2 atom stereocenters. The van der Waals surface area contributed by atoms with E-state index in [0.29, 0.717) is 11.4 Å². The fourth-order valence-corrected chi connectivity index (χ4v) is 4.07. The minimum atomic E-state index is -2.23. The molecule has 0 aliphatic heterocycles. The van der Waals surface area contributed by atoms with Crippen LogP contribution in [0.15, 0.2) is 35.3 Å². The van der Waals surface area contributed by atoms with Crippen LogP contribution >= 0.6 is 0 Å². The average Bonchev–Trinajstić information content (AvgIpc) is 2.89. The fraction of sp³-hybridized carbons (Fsp3) is 0.348. The molecule has 0 fully saturated rings. The van der Waals surface area contributed by atoms with Gasteiger partial charge in [-0.3, -0.25) is 19.4 Å². The number of aliphatic carboxylic acids is 2. The Labute approximate surface area is 216 Å². The summed E-state index contributed by atoms with van der Waals surface area (Å²) in [6, 6.07) is 5.82. The van der Waals surface area contributed by atoms with Crippen LogP contribution in [0.5, 0.6) is 0 Å². The lowest BCUT2D eigenvalue weighted by Crippen LogP contribution is -2.67. The minimum absolute atomic E-state index is 0.0443. The Morgan fingerprint density at radius 1 is 1.13 bits per heavy atom. The lowest BCUT2D eigenvalue weighted by Gasteiger charge is -2.37. The summed E-state index contributed by atoms with van der Waals surface area (Å²) in [4.78, 5) is 66.1. The summed E-state index contributed by atoms with van der Waals surface area (Å²) < 4.78 is 0. The third-order valence-corrected chi connectivity index (χ3v) is 6.26. The number of ketones is 1. The Morgan fingerprint density at radius 2 is 1.76 bits per heavy atom. The summed E-state index contributed by atoms with van der Waals surface area (Å²) in [7, 11) is 4.60. The standard InChI is InChI=1S/C23H29N9O6/c1-12(15-11-27-19-17(28-15)20(36)30-22(24)29-19)31(4)14-7-5-13(6-8-14)18(35)23(21(37)38,10-9-16(33)34)32(25-2)26-3/h5-8,11-12,25-26H,9-10H2,1-4H3,(H,33,34)(H,37,38)(H3,24,27,29,30,36)/t12?,23-/m1/s1. The van der Waals surface area contributed by atoms with Gasteiger partial charge in [0.15, 0.2) is 16.9 Å². The van der Waals surface area contributed by atoms with Crippen molar-refractivity contribution >= 4 is 40.5 Å². The highest BCUT2D eigenvalue weighted by Gasteiger charge is 2.51. The molecule has 2 aromatic heterocycles. The van der Waals surface area contributed by atoms with Crippen molar-refractivity contribution in [1.82, 2.24) is 35.9 Å². The van der Waals surface area contributed by atoms with Crippen LogP contribution in [0.2, 0.25) is 0 Å². The number of carboxylic acid groups (broad SMARTS) is 2. The molecule has 202 valence electrons. The zero-order chi connectivity index (χ0) is 28.2. The molecule has 0 radical (unpaired) electrons. The number of aromatic nitrogens is 4. The molecule has 3 aromatic rings. The molecule has 0 saturated heterocycles. The van der Waals surface area contributed by atoms with Crippen molar-refractivity contribution in [3.63, 3.8) is 0 Å². The van der Waals surface area contributed by atoms with E-state index < -0.39 is 41.7 Å². The molecule has 0 amide bonds.